The summed E-state index contributed by atoms with van der Waals surface area (Å²) in [6.07, 6.45) is 2.30. The van der Waals surface area contributed by atoms with E-state index in [0.717, 1.165) is 22.4 Å². The fourth-order valence-electron chi connectivity index (χ4n) is 2.90. The number of anilines is 2. The van der Waals surface area contributed by atoms with E-state index in [-0.39, 0.29) is 5.11 Å². The number of nitrogens with zero attached hydrogens (tertiary/aromatic N) is 3. The van der Waals surface area contributed by atoms with Gasteiger partial charge in [-0.3, -0.25) is 5.32 Å². The molecule has 0 aliphatic carbocycles. The highest BCUT2D eigenvalue weighted by atomic mass is 35.5. The van der Waals surface area contributed by atoms with Gasteiger partial charge in [0.15, 0.2) is 5.11 Å². The van der Waals surface area contributed by atoms with Crippen LogP contribution < -0.4 is 10.6 Å². The summed E-state index contributed by atoms with van der Waals surface area (Å²) in [4.78, 5) is 17.5. The Hall–Kier alpha value is -2.20. The molecule has 2 heterocycles. The van der Waals surface area contributed by atoms with Crippen molar-refractivity contribution in [2.45, 2.75) is 26.8 Å². The molecule has 0 spiro atoms. The van der Waals surface area contributed by atoms with Gasteiger partial charge in [-0.25, -0.2) is 14.5 Å². The molecule has 1 aromatic carbocycles. The van der Waals surface area contributed by atoms with Crippen molar-refractivity contribution >= 4 is 68.8 Å². The Morgan fingerprint density at radius 3 is 2.73 bits per heavy atom. The van der Waals surface area contributed by atoms with Crippen molar-refractivity contribution < 1.29 is 9.53 Å². The summed E-state index contributed by atoms with van der Waals surface area (Å²) in [5.74, 6) is -0.0679. The minimum Gasteiger partial charge on any atom is -0.465 e. The Labute approximate surface area is 193 Å². The van der Waals surface area contributed by atoms with Crippen LogP contribution in [0.1, 0.15) is 33.3 Å². The smallest absolute Gasteiger partial charge is 0.341 e. The minimum atomic E-state index is -0.398. The van der Waals surface area contributed by atoms with Crippen LogP contribution in [0.3, 0.4) is 0 Å². The molecule has 7 nitrogen and oxygen atoms in total. The zero-order valence-electron chi connectivity index (χ0n) is 16.5. The lowest BCUT2D eigenvalue weighted by Gasteiger charge is -2.09. The Morgan fingerprint density at radius 1 is 1.30 bits per heavy atom. The molecule has 0 radical (unpaired) electrons. The molecule has 0 amide bonds. The van der Waals surface area contributed by atoms with Crippen molar-refractivity contribution in [3.63, 3.8) is 0 Å². The number of aryl methyl sites for hydroxylation is 1. The van der Waals surface area contributed by atoms with Gasteiger partial charge in [0.1, 0.15) is 11.3 Å². The molecule has 158 valence electrons. The van der Waals surface area contributed by atoms with Crippen molar-refractivity contribution in [1.29, 1.82) is 0 Å². The number of thiophene rings is 1. The van der Waals surface area contributed by atoms with Crippen LogP contribution in [0.25, 0.3) is 0 Å². The van der Waals surface area contributed by atoms with E-state index in [1.54, 1.807) is 23.1 Å². The minimum absolute atomic E-state index is 0.274. The quantitative estimate of drug-likeness (QED) is 0.370. The normalized spacial score (nSPS) is 10.7. The lowest BCUT2D eigenvalue weighted by atomic mass is 10.1. The largest absolute Gasteiger partial charge is 0.465 e. The first-order chi connectivity index (χ1) is 14.3. The van der Waals surface area contributed by atoms with E-state index in [4.69, 9.17) is 40.2 Å². The average molecular weight is 484 g/mol. The summed E-state index contributed by atoms with van der Waals surface area (Å²) in [6.45, 7) is 4.43. The third-order valence-electron chi connectivity index (χ3n) is 4.27. The third-order valence-corrected chi connectivity index (χ3v) is 6.28. The van der Waals surface area contributed by atoms with Gasteiger partial charge in [-0.05, 0) is 48.8 Å². The van der Waals surface area contributed by atoms with E-state index in [1.807, 2.05) is 19.9 Å². The summed E-state index contributed by atoms with van der Waals surface area (Å²) in [7, 11) is 1.36. The fraction of sp³-hybridized carbons (Fsp3) is 0.263. The van der Waals surface area contributed by atoms with E-state index >= 15 is 0 Å². The maximum absolute atomic E-state index is 12.2. The number of hydrogen-bond donors (Lipinski definition) is 2. The van der Waals surface area contributed by atoms with E-state index in [0.29, 0.717) is 33.1 Å². The molecular weight excluding hydrogens is 465 g/mol. The zero-order chi connectivity index (χ0) is 21.8. The molecule has 0 aliphatic heterocycles. The van der Waals surface area contributed by atoms with Gasteiger partial charge in [0.25, 0.3) is 0 Å². The molecule has 3 aromatic rings. The summed E-state index contributed by atoms with van der Waals surface area (Å²) >= 11 is 18.8. The number of carbonyl (C=O) groups excluding carboxylic acids is 1. The maximum atomic E-state index is 12.2. The molecule has 30 heavy (non-hydrogen) atoms. The van der Waals surface area contributed by atoms with Gasteiger partial charge in [-0.2, -0.15) is 0 Å². The summed E-state index contributed by atoms with van der Waals surface area (Å²) in [6, 6.07) is 5.39. The number of methoxy groups -OCH3 is 1. The topological polar surface area (TPSA) is 81.1 Å². The summed E-state index contributed by atoms with van der Waals surface area (Å²) in [5.41, 5.74) is 2.39. The second-order valence-corrected chi connectivity index (χ2v) is 8.73. The predicted octanol–water partition coefficient (Wildman–Crippen LogP) is 5.16. The first-order valence-electron chi connectivity index (χ1n) is 8.94. The van der Waals surface area contributed by atoms with Crippen LogP contribution in [0.2, 0.25) is 10.0 Å². The van der Waals surface area contributed by atoms with Gasteiger partial charge in [0, 0.05) is 4.88 Å². The number of nitrogens with one attached hydrogen (secondary N) is 2. The van der Waals surface area contributed by atoms with Crippen LogP contribution >= 0.6 is 46.8 Å². The molecule has 3 rings (SSSR count). The van der Waals surface area contributed by atoms with Crippen molar-refractivity contribution in [2.75, 3.05) is 17.7 Å². The Balaban J connectivity index is 1.69. The van der Waals surface area contributed by atoms with Crippen LogP contribution in [0, 0.1) is 6.92 Å². The number of carbonyl (C=O) groups is 1. The molecule has 0 saturated heterocycles. The van der Waals surface area contributed by atoms with Crippen molar-refractivity contribution in [3.05, 3.63) is 56.1 Å². The van der Waals surface area contributed by atoms with Gasteiger partial charge < -0.3 is 10.1 Å². The second-order valence-electron chi connectivity index (χ2n) is 6.28. The number of esters is 1. The molecule has 0 aliphatic rings. The number of thiocarbonyl (C=S) groups is 1. The third kappa shape index (κ3) is 5.10. The monoisotopic (exact) mass is 483 g/mol. The fourth-order valence-corrected chi connectivity index (χ4v) is 4.62. The van der Waals surface area contributed by atoms with E-state index < -0.39 is 5.97 Å². The van der Waals surface area contributed by atoms with Gasteiger partial charge in [0.05, 0.1) is 29.3 Å². The SMILES string of the molecule is CCc1c(C)sc(NC(=S)Nc2ncn(Cc3ccc(Cl)c(Cl)c3)n2)c1C(=O)OC. The molecule has 11 heteroatoms. The summed E-state index contributed by atoms with van der Waals surface area (Å²) < 4.78 is 6.57. The van der Waals surface area contributed by atoms with Crippen molar-refractivity contribution in [2.24, 2.45) is 0 Å². The number of aromatic nitrogens is 3. The number of rotatable bonds is 6. The maximum Gasteiger partial charge on any atom is 0.341 e. The Bertz CT molecular complexity index is 1100. The van der Waals surface area contributed by atoms with Crippen molar-refractivity contribution in [1.82, 2.24) is 14.8 Å². The molecule has 2 N–H and O–H groups in total. The van der Waals surface area contributed by atoms with Crippen LogP contribution in [0.4, 0.5) is 10.9 Å². The number of ether oxygens (including phenoxy) is 1. The highest BCUT2D eigenvalue weighted by molar-refractivity contribution is 7.80. The molecule has 0 bridgehead atoms. The Kier molecular flexibility index (Phi) is 7.30. The van der Waals surface area contributed by atoms with Gasteiger partial charge in [-0.15, -0.1) is 16.4 Å². The average Bonchev–Trinajstić information content (AvgIpc) is 3.27. The Morgan fingerprint density at radius 2 is 2.07 bits per heavy atom. The summed E-state index contributed by atoms with van der Waals surface area (Å²) in [5, 5.41) is 12.2. The number of benzene rings is 1. The highest BCUT2D eigenvalue weighted by Gasteiger charge is 2.22. The van der Waals surface area contributed by atoms with E-state index in [2.05, 4.69) is 20.7 Å². The van der Waals surface area contributed by atoms with Gasteiger partial charge in [0.2, 0.25) is 5.95 Å². The molecule has 0 unspecified atom stereocenters. The number of hydrogen-bond acceptors (Lipinski definition) is 6. The molecule has 2 aromatic heterocycles. The van der Waals surface area contributed by atoms with Crippen LogP contribution in [0.5, 0.6) is 0 Å². The number of halogens is 2. The molecule has 0 atom stereocenters. The lowest BCUT2D eigenvalue weighted by Crippen LogP contribution is -2.21. The second kappa shape index (κ2) is 9.74. The first-order valence-corrected chi connectivity index (χ1v) is 10.9. The van der Waals surface area contributed by atoms with Gasteiger partial charge in [-0.1, -0.05) is 36.2 Å². The van der Waals surface area contributed by atoms with Crippen LogP contribution in [-0.2, 0) is 17.7 Å². The molecular formula is C19H19Cl2N5O2S2. The standard InChI is InChI=1S/C19H19Cl2N5O2S2/c1-4-12-10(2)30-16(15(12)17(27)28-3)23-19(29)24-18-22-9-26(25-18)8-11-5-6-13(20)14(21)7-11/h5-7,9H,4,8H2,1-3H3,(H2,23,24,25,29). The highest BCUT2D eigenvalue weighted by Crippen LogP contribution is 2.34. The van der Waals surface area contributed by atoms with E-state index in [9.17, 15) is 4.79 Å². The van der Waals surface area contributed by atoms with Crippen molar-refractivity contribution in [3.8, 4) is 0 Å². The lowest BCUT2D eigenvalue weighted by molar-refractivity contribution is 0.0601. The van der Waals surface area contributed by atoms with Gasteiger partial charge >= 0.3 is 5.97 Å². The van der Waals surface area contributed by atoms with Crippen LogP contribution in [0.15, 0.2) is 24.5 Å². The van der Waals surface area contributed by atoms with E-state index in [1.165, 1.54) is 18.4 Å². The molecule has 0 saturated carbocycles. The predicted molar refractivity (Wildman–Crippen MR) is 125 cm³/mol. The molecule has 0 fully saturated rings. The van der Waals surface area contributed by atoms with Crippen LogP contribution in [-0.4, -0.2) is 33.0 Å². The zero-order valence-corrected chi connectivity index (χ0v) is 19.6. The first kappa shape index (κ1) is 22.5.